The van der Waals surface area contributed by atoms with Gasteiger partial charge in [0.05, 0.1) is 18.2 Å². The van der Waals surface area contributed by atoms with Crippen LogP contribution in [-0.4, -0.2) is 73.2 Å². The summed E-state index contributed by atoms with van der Waals surface area (Å²) >= 11 is 6.34. The van der Waals surface area contributed by atoms with E-state index in [9.17, 15) is 14.0 Å². The zero-order chi connectivity index (χ0) is 33.2. The zero-order valence-electron chi connectivity index (χ0n) is 27.3. The van der Waals surface area contributed by atoms with Crippen LogP contribution in [0.2, 0.25) is 5.02 Å². The van der Waals surface area contributed by atoms with Crippen LogP contribution in [0.25, 0.3) is 5.57 Å². The molecule has 6 rings (SSSR count). The summed E-state index contributed by atoms with van der Waals surface area (Å²) in [5.41, 5.74) is 5.13. The van der Waals surface area contributed by atoms with Gasteiger partial charge in [0.1, 0.15) is 36.3 Å². The molecule has 2 atom stereocenters. The predicted molar refractivity (Wildman–Crippen MR) is 179 cm³/mol. The van der Waals surface area contributed by atoms with Gasteiger partial charge < -0.3 is 29.3 Å². The number of nitrogens with one attached hydrogen (secondary N) is 1. The van der Waals surface area contributed by atoms with E-state index >= 15 is 0 Å². The third kappa shape index (κ3) is 7.41. The highest BCUT2D eigenvalue weighted by Gasteiger charge is 2.43. The van der Waals surface area contributed by atoms with Crippen molar-refractivity contribution in [1.29, 1.82) is 0 Å². The molecule has 2 amide bonds. The van der Waals surface area contributed by atoms with Crippen molar-refractivity contribution < 1.29 is 28.2 Å². The first-order valence-corrected chi connectivity index (χ1v) is 16.5. The van der Waals surface area contributed by atoms with Crippen LogP contribution in [0.15, 0.2) is 60.2 Å². The molecule has 3 aliphatic rings. The van der Waals surface area contributed by atoms with Gasteiger partial charge in [0.15, 0.2) is 0 Å². The Morgan fingerprint density at radius 3 is 2.38 bits per heavy atom. The van der Waals surface area contributed by atoms with Crippen LogP contribution in [0.5, 0.6) is 17.2 Å². The molecule has 0 unspecified atom stereocenters. The fourth-order valence-corrected chi connectivity index (χ4v) is 6.72. The second kappa shape index (κ2) is 14.0. The molecule has 10 heteroatoms. The van der Waals surface area contributed by atoms with E-state index in [-0.39, 0.29) is 42.3 Å². The number of amides is 2. The van der Waals surface area contributed by atoms with Gasteiger partial charge in [-0.3, -0.25) is 9.59 Å². The average Bonchev–Trinajstić information content (AvgIpc) is 3.90. The van der Waals surface area contributed by atoms with Crippen LogP contribution in [0, 0.1) is 19.7 Å². The van der Waals surface area contributed by atoms with E-state index in [0.717, 1.165) is 35.1 Å². The average molecular weight is 662 g/mol. The number of nitrogens with zero attached hydrogens (tertiary/aromatic N) is 2. The van der Waals surface area contributed by atoms with E-state index in [1.807, 2.05) is 55.1 Å². The maximum absolute atomic E-state index is 14.9. The first-order chi connectivity index (χ1) is 22.6. The number of hydrogen-bond donors (Lipinski definition) is 1. The minimum Gasteiger partial charge on any atom is -0.497 e. The van der Waals surface area contributed by atoms with E-state index in [0.29, 0.717) is 66.1 Å². The molecule has 2 heterocycles. The first-order valence-electron chi connectivity index (χ1n) is 16.1. The number of fused-ring (bicyclic) bond motifs is 2. The molecule has 1 saturated heterocycles. The van der Waals surface area contributed by atoms with Crippen LogP contribution in [0.1, 0.15) is 48.4 Å². The van der Waals surface area contributed by atoms with Crippen LogP contribution in [-0.2, 0) is 16.1 Å². The van der Waals surface area contributed by atoms with Gasteiger partial charge in [0.25, 0.3) is 5.91 Å². The Hall–Kier alpha value is -4.08. The van der Waals surface area contributed by atoms with Gasteiger partial charge in [-0.1, -0.05) is 23.7 Å². The maximum Gasteiger partial charge on any atom is 0.252 e. The van der Waals surface area contributed by atoms with Crippen molar-refractivity contribution in [3.8, 4) is 17.2 Å². The topological polar surface area (TPSA) is 80.3 Å². The Bertz CT molecular complexity index is 1690. The van der Waals surface area contributed by atoms with Crippen molar-refractivity contribution in [2.24, 2.45) is 0 Å². The van der Waals surface area contributed by atoms with Crippen molar-refractivity contribution in [1.82, 2.24) is 15.1 Å². The van der Waals surface area contributed by atoms with Gasteiger partial charge in [0, 0.05) is 49.8 Å². The summed E-state index contributed by atoms with van der Waals surface area (Å²) < 4.78 is 32.1. The van der Waals surface area contributed by atoms with Gasteiger partial charge >= 0.3 is 0 Å². The second-order valence-electron chi connectivity index (χ2n) is 12.6. The SMILES string of the molecule is COc1ccc(F)c(CN(C(=O)C2=C(c3ccc(OCCOc4cc(C)c(C)cc4Cl)cc3)C[C@@H]3CN(C(C)=O)C[C@H]2N3)C2CC2)c1. The molecule has 0 radical (unpaired) electrons. The number of ether oxygens (including phenoxy) is 3. The van der Waals surface area contributed by atoms with Crippen LogP contribution in [0.3, 0.4) is 0 Å². The van der Waals surface area contributed by atoms with Crippen LogP contribution in [0.4, 0.5) is 4.39 Å². The van der Waals surface area contributed by atoms with Gasteiger partial charge in [-0.25, -0.2) is 4.39 Å². The van der Waals surface area contributed by atoms with E-state index in [4.69, 9.17) is 25.8 Å². The molecule has 2 aliphatic heterocycles. The second-order valence-corrected chi connectivity index (χ2v) is 13.1. The third-order valence-corrected chi connectivity index (χ3v) is 9.58. The Balaban J connectivity index is 1.23. The van der Waals surface area contributed by atoms with E-state index in [1.165, 1.54) is 13.2 Å². The fraction of sp³-hybridized carbons (Fsp3) is 0.405. The lowest BCUT2D eigenvalue weighted by Gasteiger charge is -2.44. The summed E-state index contributed by atoms with van der Waals surface area (Å²) in [6, 6.07) is 15.9. The third-order valence-electron chi connectivity index (χ3n) is 9.28. The Labute approximate surface area is 280 Å². The molecular weight excluding hydrogens is 621 g/mol. The fourth-order valence-electron chi connectivity index (χ4n) is 6.44. The lowest BCUT2D eigenvalue weighted by molar-refractivity contribution is -0.132. The highest BCUT2D eigenvalue weighted by atomic mass is 35.5. The number of carbonyl (C=O) groups excluding carboxylic acids is 2. The standard InChI is InChI=1S/C37H41ClFN3O5/c1-22-15-32(38)35(16-23(22)2)47-14-13-46-29-9-5-25(6-10-29)31-18-27-20-41(24(3)43)21-34(40-27)36(31)37(44)42(28-7-8-28)19-26-17-30(45-4)11-12-33(26)39/h5-6,9-12,15-17,27-28,34,40H,7-8,13-14,18-21H2,1-4H3/t27-,34-/m1/s1. The molecule has 8 nitrogen and oxygen atoms in total. The molecule has 1 saturated carbocycles. The zero-order valence-corrected chi connectivity index (χ0v) is 28.0. The van der Waals surface area contributed by atoms with Crippen molar-refractivity contribution in [2.45, 2.75) is 64.7 Å². The molecule has 1 aliphatic carbocycles. The molecule has 1 N–H and O–H groups in total. The van der Waals surface area contributed by atoms with Crippen molar-refractivity contribution in [3.63, 3.8) is 0 Å². The van der Waals surface area contributed by atoms with Gasteiger partial charge in [-0.15, -0.1) is 0 Å². The Kier molecular flexibility index (Phi) is 9.75. The number of halogens is 2. The minimum absolute atomic E-state index is 0.0136. The Morgan fingerprint density at radius 2 is 1.68 bits per heavy atom. The molecular formula is C37H41ClFN3O5. The molecule has 2 fully saturated rings. The number of carbonyl (C=O) groups is 2. The molecule has 3 aromatic carbocycles. The Morgan fingerprint density at radius 1 is 0.979 bits per heavy atom. The van der Waals surface area contributed by atoms with E-state index in [1.54, 1.807) is 24.0 Å². The smallest absolute Gasteiger partial charge is 0.252 e. The quantitative estimate of drug-likeness (QED) is 0.250. The van der Waals surface area contributed by atoms with Crippen LogP contribution < -0.4 is 19.5 Å². The summed E-state index contributed by atoms with van der Waals surface area (Å²) in [6.07, 6.45) is 2.32. The lowest BCUT2D eigenvalue weighted by atomic mass is 9.82. The summed E-state index contributed by atoms with van der Waals surface area (Å²) in [5, 5.41) is 4.18. The van der Waals surface area contributed by atoms with Crippen LogP contribution >= 0.6 is 11.6 Å². The molecule has 3 aromatic rings. The van der Waals surface area contributed by atoms with E-state index in [2.05, 4.69) is 5.32 Å². The number of hydrogen-bond acceptors (Lipinski definition) is 6. The van der Waals surface area contributed by atoms with E-state index < -0.39 is 0 Å². The van der Waals surface area contributed by atoms with Gasteiger partial charge in [-0.05, 0) is 97.8 Å². The molecule has 47 heavy (non-hydrogen) atoms. The molecule has 248 valence electrons. The largest absolute Gasteiger partial charge is 0.497 e. The molecule has 0 spiro atoms. The normalized spacial score (nSPS) is 19.0. The number of rotatable bonds is 11. The van der Waals surface area contributed by atoms with Gasteiger partial charge in [-0.2, -0.15) is 0 Å². The predicted octanol–water partition coefficient (Wildman–Crippen LogP) is 6.10. The number of methoxy groups -OCH3 is 1. The summed E-state index contributed by atoms with van der Waals surface area (Å²) in [7, 11) is 1.54. The number of piperazine rings is 1. The van der Waals surface area contributed by atoms with Crippen molar-refractivity contribution >= 4 is 29.0 Å². The molecule has 0 aromatic heterocycles. The van der Waals surface area contributed by atoms with Crippen molar-refractivity contribution in [2.75, 3.05) is 33.4 Å². The number of aryl methyl sites for hydroxylation is 2. The summed E-state index contributed by atoms with van der Waals surface area (Å²) in [6.45, 7) is 7.37. The van der Waals surface area contributed by atoms with Gasteiger partial charge in [0.2, 0.25) is 5.91 Å². The number of benzene rings is 3. The first kappa shape index (κ1) is 32.8. The van der Waals surface area contributed by atoms with Crippen molar-refractivity contribution in [3.05, 3.63) is 93.3 Å². The highest BCUT2D eigenvalue weighted by molar-refractivity contribution is 6.32. The highest BCUT2D eigenvalue weighted by Crippen LogP contribution is 2.38. The monoisotopic (exact) mass is 661 g/mol. The summed E-state index contributed by atoms with van der Waals surface area (Å²) in [5.74, 6) is 1.33. The minimum atomic E-state index is -0.376. The lowest BCUT2D eigenvalue weighted by Crippen LogP contribution is -2.61. The molecule has 2 bridgehead atoms. The maximum atomic E-state index is 14.9. The summed E-state index contributed by atoms with van der Waals surface area (Å²) in [4.78, 5) is 30.6.